The van der Waals surface area contributed by atoms with E-state index in [0.29, 0.717) is 25.9 Å². The number of pyridine rings is 1. The van der Waals surface area contributed by atoms with Crippen LogP contribution in [0.2, 0.25) is 5.15 Å². The van der Waals surface area contributed by atoms with E-state index in [1.54, 1.807) is 4.90 Å². The normalized spacial score (nSPS) is 16.0. The SMILES string of the molecule is CC(C)(C)OC(=O)N1CCC(NC(=O)c2cc(F)cnc2Cl)CC1. The van der Waals surface area contributed by atoms with E-state index >= 15 is 0 Å². The van der Waals surface area contributed by atoms with E-state index in [9.17, 15) is 14.0 Å². The molecule has 0 radical (unpaired) electrons. The monoisotopic (exact) mass is 357 g/mol. The number of piperidine rings is 1. The topological polar surface area (TPSA) is 71.5 Å². The molecule has 1 aliphatic rings. The maximum Gasteiger partial charge on any atom is 0.410 e. The third-order valence-corrected chi connectivity index (χ3v) is 3.83. The Labute approximate surface area is 145 Å². The number of carbonyl (C=O) groups is 2. The van der Waals surface area contributed by atoms with E-state index in [2.05, 4.69) is 10.3 Å². The predicted octanol–water partition coefficient (Wildman–Crippen LogP) is 3.00. The quantitative estimate of drug-likeness (QED) is 0.826. The molecule has 0 aliphatic carbocycles. The number of nitrogens with zero attached hydrogens (tertiary/aromatic N) is 2. The molecular formula is C16H21ClFN3O3. The van der Waals surface area contributed by atoms with Crippen LogP contribution in [0.4, 0.5) is 9.18 Å². The molecule has 2 rings (SSSR count). The number of hydrogen-bond donors (Lipinski definition) is 1. The van der Waals surface area contributed by atoms with Crippen molar-refractivity contribution in [3.05, 3.63) is 28.8 Å². The Bertz CT molecular complexity index is 625. The number of ether oxygens (including phenoxy) is 1. The molecule has 1 saturated heterocycles. The third kappa shape index (κ3) is 5.06. The van der Waals surface area contributed by atoms with Crippen molar-refractivity contribution in [2.75, 3.05) is 13.1 Å². The van der Waals surface area contributed by atoms with E-state index in [1.165, 1.54) is 0 Å². The summed E-state index contributed by atoms with van der Waals surface area (Å²) in [6, 6.07) is 0.941. The van der Waals surface area contributed by atoms with E-state index in [-0.39, 0.29) is 22.9 Å². The predicted molar refractivity (Wildman–Crippen MR) is 87.5 cm³/mol. The summed E-state index contributed by atoms with van der Waals surface area (Å²) in [4.78, 5) is 29.4. The fourth-order valence-corrected chi connectivity index (χ4v) is 2.57. The van der Waals surface area contributed by atoms with E-state index < -0.39 is 17.3 Å². The molecule has 1 fully saturated rings. The molecule has 2 amide bonds. The Balaban J connectivity index is 1.88. The molecule has 1 aromatic rings. The van der Waals surface area contributed by atoms with Crippen LogP contribution in [0.1, 0.15) is 44.0 Å². The first-order chi connectivity index (χ1) is 11.2. The maximum absolute atomic E-state index is 13.2. The van der Waals surface area contributed by atoms with Crippen molar-refractivity contribution < 1.29 is 18.7 Å². The van der Waals surface area contributed by atoms with Gasteiger partial charge in [0.05, 0.1) is 11.8 Å². The van der Waals surface area contributed by atoms with Crippen molar-refractivity contribution in [3.63, 3.8) is 0 Å². The third-order valence-electron chi connectivity index (χ3n) is 3.53. The smallest absolute Gasteiger partial charge is 0.410 e. The average molecular weight is 358 g/mol. The van der Waals surface area contributed by atoms with Crippen LogP contribution in [-0.4, -0.2) is 46.6 Å². The Morgan fingerprint density at radius 1 is 1.38 bits per heavy atom. The molecule has 132 valence electrons. The first-order valence-electron chi connectivity index (χ1n) is 7.75. The van der Waals surface area contributed by atoms with Crippen LogP contribution in [0, 0.1) is 5.82 Å². The number of aromatic nitrogens is 1. The number of amides is 2. The van der Waals surface area contributed by atoms with Gasteiger partial charge in [0, 0.05) is 19.1 Å². The van der Waals surface area contributed by atoms with Gasteiger partial charge in [-0.15, -0.1) is 0 Å². The Kier molecular flexibility index (Phi) is 5.64. The van der Waals surface area contributed by atoms with Crippen molar-refractivity contribution >= 4 is 23.6 Å². The molecule has 0 bridgehead atoms. The summed E-state index contributed by atoms with van der Waals surface area (Å²) in [6.07, 6.45) is 1.78. The molecule has 1 aliphatic heterocycles. The minimum Gasteiger partial charge on any atom is -0.444 e. The lowest BCUT2D eigenvalue weighted by Gasteiger charge is -2.33. The second-order valence-corrected chi connectivity index (χ2v) is 7.07. The van der Waals surface area contributed by atoms with Gasteiger partial charge < -0.3 is 15.0 Å². The average Bonchev–Trinajstić information content (AvgIpc) is 2.48. The number of carbonyl (C=O) groups excluding carboxylic acids is 2. The highest BCUT2D eigenvalue weighted by Crippen LogP contribution is 2.18. The molecule has 1 N–H and O–H groups in total. The lowest BCUT2D eigenvalue weighted by Crippen LogP contribution is -2.47. The van der Waals surface area contributed by atoms with Gasteiger partial charge in [0.1, 0.15) is 16.6 Å². The van der Waals surface area contributed by atoms with Gasteiger partial charge in [-0.2, -0.15) is 0 Å². The van der Waals surface area contributed by atoms with Gasteiger partial charge >= 0.3 is 6.09 Å². The molecular weight excluding hydrogens is 337 g/mol. The van der Waals surface area contributed by atoms with Crippen LogP contribution in [0.15, 0.2) is 12.3 Å². The van der Waals surface area contributed by atoms with E-state index in [0.717, 1.165) is 12.3 Å². The van der Waals surface area contributed by atoms with Crippen LogP contribution in [0.25, 0.3) is 0 Å². The van der Waals surface area contributed by atoms with Crippen LogP contribution in [-0.2, 0) is 4.74 Å². The maximum atomic E-state index is 13.2. The van der Waals surface area contributed by atoms with Crippen LogP contribution < -0.4 is 5.32 Å². The molecule has 0 saturated carbocycles. The van der Waals surface area contributed by atoms with Crippen molar-refractivity contribution in [1.29, 1.82) is 0 Å². The van der Waals surface area contributed by atoms with Gasteiger partial charge in [-0.25, -0.2) is 14.2 Å². The minimum absolute atomic E-state index is 0.00578. The van der Waals surface area contributed by atoms with Gasteiger partial charge in [-0.3, -0.25) is 4.79 Å². The molecule has 0 atom stereocenters. The zero-order valence-electron chi connectivity index (χ0n) is 13.9. The summed E-state index contributed by atoms with van der Waals surface area (Å²) in [5, 5.41) is 2.76. The zero-order chi connectivity index (χ0) is 17.9. The first kappa shape index (κ1) is 18.4. The largest absolute Gasteiger partial charge is 0.444 e. The van der Waals surface area contributed by atoms with Gasteiger partial charge in [0.15, 0.2) is 0 Å². The van der Waals surface area contributed by atoms with Crippen LogP contribution in [0.5, 0.6) is 0 Å². The number of nitrogens with one attached hydrogen (secondary N) is 1. The number of likely N-dealkylation sites (tertiary alicyclic amines) is 1. The fraction of sp³-hybridized carbons (Fsp3) is 0.562. The zero-order valence-corrected chi connectivity index (χ0v) is 14.7. The lowest BCUT2D eigenvalue weighted by molar-refractivity contribution is 0.0199. The molecule has 0 spiro atoms. The Morgan fingerprint density at radius 3 is 2.58 bits per heavy atom. The Morgan fingerprint density at radius 2 is 2.00 bits per heavy atom. The standard InChI is InChI=1S/C16H21ClFN3O3/c1-16(2,3)24-15(23)21-6-4-11(5-7-21)20-14(22)12-8-10(18)9-19-13(12)17/h8-9,11H,4-7H2,1-3H3,(H,20,22). The molecule has 0 unspecified atom stereocenters. The molecule has 24 heavy (non-hydrogen) atoms. The summed E-state index contributed by atoms with van der Waals surface area (Å²) in [5.41, 5.74) is -0.533. The second kappa shape index (κ2) is 7.34. The van der Waals surface area contributed by atoms with Crippen LogP contribution in [0.3, 0.4) is 0 Å². The molecule has 1 aromatic heterocycles. The van der Waals surface area contributed by atoms with Crippen molar-refractivity contribution in [2.24, 2.45) is 0 Å². The molecule has 2 heterocycles. The minimum atomic E-state index is -0.621. The van der Waals surface area contributed by atoms with Crippen molar-refractivity contribution in [3.8, 4) is 0 Å². The van der Waals surface area contributed by atoms with Gasteiger partial charge in [-0.05, 0) is 39.7 Å². The highest BCUT2D eigenvalue weighted by molar-refractivity contribution is 6.32. The highest BCUT2D eigenvalue weighted by atomic mass is 35.5. The summed E-state index contributed by atoms with van der Waals surface area (Å²) < 4.78 is 18.5. The molecule has 0 aromatic carbocycles. The summed E-state index contributed by atoms with van der Waals surface area (Å²) >= 11 is 5.83. The Hall–Kier alpha value is -1.89. The van der Waals surface area contributed by atoms with E-state index in [1.807, 2.05) is 20.8 Å². The number of halogens is 2. The van der Waals surface area contributed by atoms with Crippen molar-refractivity contribution in [1.82, 2.24) is 15.2 Å². The fourth-order valence-electron chi connectivity index (χ4n) is 2.38. The number of hydrogen-bond acceptors (Lipinski definition) is 4. The molecule has 6 nitrogen and oxygen atoms in total. The molecule has 8 heteroatoms. The summed E-state index contributed by atoms with van der Waals surface area (Å²) in [5.74, 6) is -1.09. The van der Waals surface area contributed by atoms with Gasteiger partial charge in [-0.1, -0.05) is 11.6 Å². The van der Waals surface area contributed by atoms with Crippen molar-refractivity contribution in [2.45, 2.75) is 45.3 Å². The summed E-state index contributed by atoms with van der Waals surface area (Å²) in [7, 11) is 0. The van der Waals surface area contributed by atoms with Gasteiger partial charge in [0.2, 0.25) is 0 Å². The highest BCUT2D eigenvalue weighted by Gasteiger charge is 2.28. The summed E-state index contributed by atoms with van der Waals surface area (Å²) in [6.45, 7) is 6.40. The second-order valence-electron chi connectivity index (χ2n) is 6.71. The number of rotatable bonds is 2. The first-order valence-corrected chi connectivity index (χ1v) is 8.13. The van der Waals surface area contributed by atoms with Crippen LogP contribution >= 0.6 is 11.6 Å². The van der Waals surface area contributed by atoms with E-state index in [4.69, 9.17) is 16.3 Å². The lowest BCUT2D eigenvalue weighted by atomic mass is 10.0. The van der Waals surface area contributed by atoms with Gasteiger partial charge in [0.25, 0.3) is 5.91 Å².